The first kappa shape index (κ1) is 15.2. The summed E-state index contributed by atoms with van der Waals surface area (Å²) in [6, 6.07) is 8.12. The molecule has 1 aliphatic heterocycles. The van der Waals surface area contributed by atoms with Crippen molar-refractivity contribution in [1.29, 1.82) is 0 Å². The first-order valence-electron chi connectivity index (χ1n) is 7.85. The number of pyridine rings is 2. The van der Waals surface area contributed by atoms with Gasteiger partial charge in [-0.25, -0.2) is 0 Å². The molecule has 5 heteroatoms. The lowest BCUT2D eigenvalue weighted by molar-refractivity contribution is -0.126. The van der Waals surface area contributed by atoms with E-state index in [9.17, 15) is 4.79 Å². The van der Waals surface area contributed by atoms with Crippen molar-refractivity contribution in [1.82, 2.24) is 14.9 Å². The van der Waals surface area contributed by atoms with E-state index in [1.54, 1.807) is 24.7 Å². The van der Waals surface area contributed by atoms with Gasteiger partial charge in [0.1, 0.15) is 0 Å². The molecular weight excluding hydrogens is 288 g/mol. The minimum Gasteiger partial charge on any atom is -0.381 e. The zero-order valence-electron chi connectivity index (χ0n) is 12.9. The summed E-state index contributed by atoms with van der Waals surface area (Å²) in [6.45, 7) is 1.54. The molecular formula is C18H20N4O. The van der Waals surface area contributed by atoms with Gasteiger partial charge in [-0.15, -0.1) is 0 Å². The van der Waals surface area contributed by atoms with E-state index >= 15 is 0 Å². The predicted molar refractivity (Wildman–Crippen MR) is 90.7 cm³/mol. The third kappa shape index (κ3) is 4.39. The number of piperidine rings is 1. The Bertz CT molecular complexity index is 649. The van der Waals surface area contributed by atoms with Crippen LogP contribution < -0.4 is 5.32 Å². The van der Waals surface area contributed by atoms with Gasteiger partial charge in [0.15, 0.2) is 0 Å². The number of hydrogen-bond acceptors (Lipinski definition) is 4. The van der Waals surface area contributed by atoms with Crippen molar-refractivity contribution in [2.75, 3.05) is 18.4 Å². The van der Waals surface area contributed by atoms with E-state index in [1.807, 2.05) is 41.4 Å². The highest BCUT2D eigenvalue weighted by Gasteiger charge is 2.21. The van der Waals surface area contributed by atoms with Crippen LogP contribution in [-0.4, -0.2) is 39.9 Å². The number of carbonyl (C=O) groups excluding carboxylic acids is 1. The summed E-state index contributed by atoms with van der Waals surface area (Å²) < 4.78 is 0. The van der Waals surface area contributed by atoms with Gasteiger partial charge < -0.3 is 10.2 Å². The maximum Gasteiger partial charge on any atom is 0.246 e. The standard InChI is InChI=1S/C18H20N4O/c23-18(6-5-15-3-1-9-19-13-15)22-11-7-16(8-12-22)21-17-4-2-10-20-14-17/h1-6,9-10,13-14,16,21H,7-8,11-12H2/b6-5-. The van der Waals surface area contributed by atoms with Crippen LogP contribution in [0.3, 0.4) is 0 Å². The van der Waals surface area contributed by atoms with Crippen molar-refractivity contribution in [2.24, 2.45) is 0 Å². The quantitative estimate of drug-likeness (QED) is 0.882. The number of likely N-dealkylation sites (tertiary alicyclic amines) is 1. The third-order valence-corrected chi connectivity index (χ3v) is 3.94. The molecule has 5 nitrogen and oxygen atoms in total. The summed E-state index contributed by atoms with van der Waals surface area (Å²) in [4.78, 5) is 22.3. The Balaban J connectivity index is 1.48. The number of amides is 1. The molecule has 2 aromatic rings. The first-order valence-corrected chi connectivity index (χ1v) is 7.85. The van der Waals surface area contributed by atoms with Crippen molar-refractivity contribution in [3.05, 3.63) is 60.7 Å². The molecule has 0 unspecified atom stereocenters. The smallest absolute Gasteiger partial charge is 0.246 e. The maximum atomic E-state index is 12.2. The highest BCUT2D eigenvalue weighted by Crippen LogP contribution is 2.16. The van der Waals surface area contributed by atoms with Crippen LogP contribution >= 0.6 is 0 Å². The summed E-state index contributed by atoms with van der Waals surface area (Å²) >= 11 is 0. The van der Waals surface area contributed by atoms with Crippen molar-refractivity contribution >= 4 is 17.7 Å². The maximum absolute atomic E-state index is 12.2. The molecule has 0 atom stereocenters. The van der Waals surface area contributed by atoms with Gasteiger partial charge in [-0.2, -0.15) is 0 Å². The van der Waals surface area contributed by atoms with Gasteiger partial charge in [0, 0.05) is 50.0 Å². The molecule has 0 saturated carbocycles. The fourth-order valence-corrected chi connectivity index (χ4v) is 2.68. The van der Waals surface area contributed by atoms with Gasteiger partial charge in [0.25, 0.3) is 0 Å². The minimum atomic E-state index is 0.0636. The van der Waals surface area contributed by atoms with Gasteiger partial charge in [0.05, 0.1) is 5.69 Å². The lowest BCUT2D eigenvalue weighted by Gasteiger charge is -2.32. The van der Waals surface area contributed by atoms with E-state index < -0.39 is 0 Å². The molecule has 0 aliphatic carbocycles. The van der Waals surface area contributed by atoms with E-state index in [4.69, 9.17) is 0 Å². The Morgan fingerprint density at radius 2 is 1.87 bits per heavy atom. The molecule has 1 saturated heterocycles. The number of aromatic nitrogens is 2. The van der Waals surface area contributed by atoms with E-state index in [0.29, 0.717) is 6.04 Å². The summed E-state index contributed by atoms with van der Waals surface area (Å²) in [6.07, 6.45) is 12.4. The Morgan fingerprint density at radius 1 is 1.13 bits per heavy atom. The average molecular weight is 308 g/mol. The molecule has 0 spiro atoms. The normalized spacial score (nSPS) is 15.7. The average Bonchev–Trinajstić information content (AvgIpc) is 2.62. The molecule has 1 fully saturated rings. The molecule has 0 radical (unpaired) electrons. The van der Waals surface area contributed by atoms with Gasteiger partial charge in [-0.1, -0.05) is 6.07 Å². The van der Waals surface area contributed by atoms with Crippen LogP contribution in [0.4, 0.5) is 5.69 Å². The fourth-order valence-electron chi connectivity index (χ4n) is 2.68. The summed E-state index contributed by atoms with van der Waals surface area (Å²) in [7, 11) is 0. The van der Waals surface area contributed by atoms with Crippen LogP contribution in [-0.2, 0) is 4.79 Å². The van der Waals surface area contributed by atoms with Crippen LogP contribution in [0.2, 0.25) is 0 Å². The van der Waals surface area contributed by atoms with Crippen LogP contribution in [0, 0.1) is 0 Å². The van der Waals surface area contributed by atoms with Gasteiger partial charge in [-0.05, 0) is 42.7 Å². The lowest BCUT2D eigenvalue weighted by Crippen LogP contribution is -2.41. The molecule has 1 amide bonds. The van der Waals surface area contributed by atoms with E-state index in [-0.39, 0.29) is 5.91 Å². The topological polar surface area (TPSA) is 58.1 Å². The molecule has 118 valence electrons. The molecule has 3 rings (SSSR count). The minimum absolute atomic E-state index is 0.0636. The SMILES string of the molecule is O=C(/C=C\c1cccnc1)N1CCC(Nc2cccnc2)CC1. The van der Waals surface area contributed by atoms with Gasteiger partial charge in [0.2, 0.25) is 5.91 Å². The summed E-state index contributed by atoms with van der Waals surface area (Å²) in [5.74, 6) is 0.0636. The largest absolute Gasteiger partial charge is 0.381 e. The van der Waals surface area contributed by atoms with E-state index in [2.05, 4.69) is 15.3 Å². The van der Waals surface area contributed by atoms with E-state index in [0.717, 1.165) is 37.2 Å². The van der Waals surface area contributed by atoms with Crippen LogP contribution in [0.25, 0.3) is 6.08 Å². The highest BCUT2D eigenvalue weighted by molar-refractivity contribution is 5.91. The van der Waals surface area contributed by atoms with E-state index in [1.165, 1.54) is 0 Å². The number of nitrogens with one attached hydrogen (secondary N) is 1. The number of anilines is 1. The number of nitrogens with zero attached hydrogens (tertiary/aromatic N) is 3. The van der Waals surface area contributed by atoms with Crippen molar-refractivity contribution in [3.63, 3.8) is 0 Å². The summed E-state index contributed by atoms with van der Waals surface area (Å²) in [5, 5.41) is 3.47. The zero-order chi connectivity index (χ0) is 15.9. The van der Waals surface area contributed by atoms with Crippen molar-refractivity contribution < 1.29 is 4.79 Å². The van der Waals surface area contributed by atoms with Crippen LogP contribution in [0.5, 0.6) is 0 Å². The molecule has 3 heterocycles. The Labute approximate surface area is 136 Å². The molecule has 23 heavy (non-hydrogen) atoms. The van der Waals surface area contributed by atoms with Crippen LogP contribution in [0.15, 0.2) is 55.1 Å². The van der Waals surface area contributed by atoms with Crippen molar-refractivity contribution in [2.45, 2.75) is 18.9 Å². The molecule has 1 aliphatic rings. The van der Waals surface area contributed by atoms with Crippen LogP contribution in [0.1, 0.15) is 18.4 Å². The molecule has 0 bridgehead atoms. The second kappa shape index (κ2) is 7.54. The second-order valence-corrected chi connectivity index (χ2v) is 5.61. The number of hydrogen-bond donors (Lipinski definition) is 1. The fraction of sp³-hybridized carbons (Fsp3) is 0.278. The predicted octanol–water partition coefficient (Wildman–Crippen LogP) is 2.59. The van der Waals surface area contributed by atoms with Crippen molar-refractivity contribution in [3.8, 4) is 0 Å². The number of rotatable bonds is 4. The second-order valence-electron chi connectivity index (χ2n) is 5.61. The monoisotopic (exact) mass is 308 g/mol. The molecule has 1 N–H and O–H groups in total. The Hall–Kier alpha value is -2.69. The third-order valence-electron chi connectivity index (χ3n) is 3.94. The molecule has 0 aromatic carbocycles. The first-order chi connectivity index (χ1) is 11.3. The Morgan fingerprint density at radius 3 is 2.52 bits per heavy atom. The van der Waals surface area contributed by atoms with Gasteiger partial charge >= 0.3 is 0 Å². The highest BCUT2D eigenvalue weighted by atomic mass is 16.2. The van der Waals surface area contributed by atoms with Gasteiger partial charge in [-0.3, -0.25) is 14.8 Å². The summed E-state index contributed by atoms with van der Waals surface area (Å²) in [5.41, 5.74) is 1.97. The zero-order valence-corrected chi connectivity index (χ0v) is 12.9. The Kier molecular flexibility index (Phi) is 4.99. The molecule has 2 aromatic heterocycles. The lowest BCUT2D eigenvalue weighted by atomic mass is 10.0. The number of carbonyl (C=O) groups is 1.